The molecule has 1 aromatic rings. The predicted molar refractivity (Wildman–Crippen MR) is 72.2 cm³/mol. The summed E-state index contributed by atoms with van der Waals surface area (Å²) < 4.78 is 1.73. The van der Waals surface area contributed by atoms with Gasteiger partial charge in [0.25, 0.3) is 0 Å². The zero-order chi connectivity index (χ0) is 14.0. The smallest absolute Gasteiger partial charge is 0.327 e. The van der Waals surface area contributed by atoms with Crippen molar-refractivity contribution in [2.24, 2.45) is 0 Å². The van der Waals surface area contributed by atoms with Crippen LogP contribution in [0.15, 0.2) is 12.4 Å². The topological polar surface area (TPSA) is 87.5 Å². The molecule has 104 valence electrons. The summed E-state index contributed by atoms with van der Waals surface area (Å²) in [7, 11) is 0. The molecule has 1 unspecified atom stereocenters. The number of anilines is 1. The number of nitrogens with zero attached hydrogens (tertiary/aromatic N) is 3. The first-order valence-corrected chi connectivity index (χ1v) is 7.07. The largest absolute Gasteiger partial charge is 0.480 e. The number of thioether (sulfide) groups is 1. The van der Waals surface area contributed by atoms with Crippen LogP contribution >= 0.6 is 11.8 Å². The van der Waals surface area contributed by atoms with Crippen molar-refractivity contribution in [2.75, 3.05) is 16.9 Å². The molecule has 1 aromatic heterocycles. The number of urea groups is 1. The molecule has 0 radical (unpaired) electrons. The van der Waals surface area contributed by atoms with Crippen LogP contribution in [0.25, 0.3) is 0 Å². The number of amides is 2. The number of hydrogen-bond donors (Lipinski definition) is 2. The third kappa shape index (κ3) is 3.01. The molecule has 0 spiro atoms. The van der Waals surface area contributed by atoms with Gasteiger partial charge in [0.2, 0.25) is 0 Å². The molecule has 1 atom stereocenters. The van der Waals surface area contributed by atoms with Crippen molar-refractivity contribution in [3.05, 3.63) is 12.4 Å². The summed E-state index contributed by atoms with van der Waals surface area (Å²) in [5.41, 5.74) is 0.569. The average Bonchev–Trinajstić information content (AvgIpc) is 2.96. The van der Waals surface area contributed by atoms with Crippen molar-refractivity contribution in [1.82, 2.24) is 14.7 Å². The molecule has 0 aromatic carbocycles. The van der Waals surface area contributed by atoms with Crippen molar-refractivity contribution in [1.29, 1.82) is 0 Å². The van der Waals surface area contributed by atoms with E-state index in [0.717, 1.165) is 0 Å². The summed E-state index contributed by atoms with van der Waals surface area (Å²) in [5, 5.41) is 15.8. The van der Waals surface area contributed by atoms with Gasteiger partial charge in [0.1, 0.15) is 6.04 Å². The van der Waals surface area contributed by atoms with Crippen LogP contribution in [-0.4, -0.2) is 49.5 Å². The van der Waals surface area contributed by atoms with Crippen molar-refractivity contribution < 1.29 is 14.7 Å². The Kier molecular flexibility index (Phi) is 3.98. The van der Waals surface area contributed by atoms with Crippen molar-refractivity contribution in [3.63, 3.8) is 0 Å². The molecule has 2 rings (SSSR count). The maximum absolute atomic E-state index is 12.0. The third-order valence-electron chi connectivity index (χ3n) is 2.81. The fraction of sp³-hybridized carbons (Fsp3) is 0.545. The van der Waals surface area contributed by atoms with Gasteiger partial charge in [-0.1, -0.05) is 0 Å². The zero-order valence-corrected chi connectivity index (χ0v) is 11.6. The number of carbonyl (C=O) groups excluding carboxylic acids is 1. The van der Waals surface area contributed by atoms with Crippen LogP contribution in [0.5, 0.6) is 0 Å². The average molecular weight is 284 g/mol. The number of carboxylic acids is 1. The molecule has 1 saturated heterocycles. The third-order valence-corrected chi connectivity index (χ3v) is 3.82. The van der Waals surface area contributed by atoms with Crippen LogP contribution in [0.4, 0.5) is 10.5 Å². The normalized spacial score (nSPS) is 18.9. The van der Waals surface area contributed by atoms with E-state index in [9.17, 15) is 9.59 Å². The van der Waals surface area contributed by atoms with Crippen LogP contribution < -0.4 is 5.32 Å². The Hall–Kier alpha value is -1.70. The molecule has 1 aliphatic rings. The lowest BCUT2D eigenvalue weighted by Gasteiger charge is -2.20. The van der Waals surface area contributed by atoms with Crippen LogP contribution in [0.2, 0.25) is 0 Å². The van der Waals surface area contributed by atoms with Crippen LogP contribution in [0, 0.1) is 0 Å². The fourth-order valence-corrected chi connectivity index (χ4v) is 2.87. The monoisotopic (exact) mass is 284 g/mol. The number of rotatable bonds is 3. The van der Waals surface area contributed by atoms with E-state index < -0.39 is 18.0 Å². The van der Waals surface area contributed by atoms with Gasteiger partial charge in [0.05, 0.1) is 17.8 Å². The van der Waals surface area contributed by atoms with Gasteiger partial charge in [-0.3, -0.25) is 4.68 Å². The van der Waals surface area contributed by atoms with E-state index in [1.807, 2.05) is 13.8 Å². The highest BCUT2D eigenvalue weighted by Crippen LogP contribution is 2.22. The molecule has 0 aliphatic carbocycles. The summed E-state index contributed by atoms with van der Waals surface area (Å²) in [4.78, 5) is 24.3. The highest BCUT2D eigenvalue weighted by Gasteiger charge is 2.34. The van der Waals surface area contributed by atoms with Crippen LogP contribution in [0.1, 0.15) is 19.9 Å². The first-order chi connectivity index (χ1) is 8.99. The van der Waals surface area contributed by atoms with E-state index in [1.165, 1.54) is 16.7 Å². The van der Waals surface area contributed by atoms with E-state index in [0.29, 0.717) is 17.3 Å². The number of nitrogens with one attached hydrogen (secondary N) is 1. The Morgan fingerprint density at radius 3 is 2.89 bits per heavy atom. The molecule has 19 heavy (non-hydrogen) atoms. The molecule has 0 saturated carbocycles. The zero-order valence-electron chi connectivity index (χ0n) is 10.7. The number of hydrogen-bond acceptors (Lipinski definition) is 4. The summed E-state index contributed by atoms with van der Waals surface area (Å²) in [6.07, 6.45) is 3.28. The van der Waals surface area contributed by atoms with Gasteiger partial charge in [0.15, 0.2) is 0 Å². The van der Waals surface area contributed by atoms with Gasteiger partial charge in [0, 0.05) is 18.0 Å². The lowest BCUT2D eigenvalue weighted by molar-refractivity contribution is -0.140. The molecular weight excluding hydrogens is 268 g/mol. The summed E-state index contributed by atoms with van der Waals surface area (Å²) in [6, 6.07) is -0.953. The molecule has 2 N–H and O–H groups in total. The minimum absolute atomic E-state index is 0.208. The number of aliphatic carboxylic acids is 1. The maximum atomic E-state index is 12.0. The summed E-state index contributed by atoms with van der Waals surface area (Å²) >= 11 is 1.43. The predicted octanol–water partition coefficient (Wildman–Crippen LogP) is 1.46. The highest BCUT2D eigenvalue weighted by molar-refractivity contribution is 7.99. The van der Waals surface area contributed by atoms with Crippen molar-refractivity contribution in [3.8, 4) is 0 Å². The van der Waals surface area contributed by atoms with E-state index >= 15 is 0 Å². The number of aromatic nitrogens is 2. The van der Waals surface area contributed by atoms with Gasteiger partial charge < -0.3 is 15.3 Å². The molecule has 7 nitrogen and oxygen atoms in total. The van der Waals surface area contributed by atoms with Crippen molar-refractivity contribution in [2.45, 2.75) is 25.9 Å². The highest BCUT2D eigenvalue weighted by atomic mass is 32.2. The van der Waals surface area contributed by atoms with E-state index in [1.54, 1.807) is 17.1 Å². The second-order valence-corrected chi connectivity index (χ2v) is 5.56. The Bertz CT molecular complexity index is 488. The Morgan fingerprint density at radius 2 is 2.32 bits per heavy atom. The first-order valence-electron chi connectivity index (χ1n) is 5.91. The Labute approximate surface area is 115 Å². The van der Waals surface area contributed by atoms with E-state index in [2.05, 4.69) is 10.4 Å². The van der Waals surface area contributed by atoms with Crippen LogP contribution in [0.3, 0.4) is 0 Å². The van der Waals surface area contributed by atoms with Crippen LogP contribution in [-0.2, 0) is 4.79 Å². The molecular formula is C11H16N4O3S. The second kappa shape index (κ2) is 5.52. The lowest BCUT2D eigenvalue weighted by Crippen LogP contribution is -2.43. The molecule has 0 bridgehead atoms. The van der Waals surface area contributed by atoms with E-state index in [-0.39, 0.29) is 6.04 Å². The number of carboxylic acid groups (broad SMARTS) is 1. The molecule has 1 fully saturated rings. The van der Waals surface area contributed by atoms with Gasteiger partial charge >= 0.3 is 12.0 Å². The standard InChI is InChI=1S/C11H16N4O3S/c1-7(2)15-4-8(3-12-15)13-11(18)14-6-19-5-9(14)10(16)17/h3-4,7,9H,5-6H2,1-2H3,(H,13,18)(H,16,17). The first kappa shape index (κ1) is 13.7. The fourth-order valence-electron chi connectivity index (χ4n) is 1.73. The molecule has 1 aliphatic heterocycles. The quantitative estimate of drug-likeness (QED) is 0.877. The van der Waals surface area contributed by atoms with Gasteiger partial charge in [-0.15, -0.1) is 11.8 Å². The summed E-state index contributed by atoms with van der Waals surface area (Å²) in [6.45, 7) is 3.96. The van der Waals surface area contributed by atoms with Gasteiger partial charge in [-0.25, -0.2) is 9.59 Å². The van der Waals surface area contributed by atoms with Gasteiger partial charge in [-0.05, 0) is 13.8 Å². The summed E-state index contributed by atoms with van der Waals surface area (Å²) in [5.74, 6) is -0.159. The molecule has 8 heteroatoms. The van der Waals surface area contributed by atoms with Gasteiger partial charge in [-0.2, -0.15) is 5.10 Å². The lowest BCUT2D eigenvalue weighted by atomic mass is 10.3. The Morgan fingerprint density at radius 1 is 1.58 bits per heavy atom. The minimum atomic E-state index is -0.974. The maximum Gasteiger partial charge on any atom is 0.327 e. The minimum Gasteiger partial charge on any atom is -0.480 e. The Balaban J connectivity index is 2.02. The molecule has 2 heterocycles. The second-order valence-electron chi connectivity index (χ2n) is 4.56. The van der Waals surface area contributed by atoms with Crippen molar-refractivity contribution >= 4 is 29.4 Å². The number of carbonyl (C=O) groups is 2. The SMILES string of the molecule is CC(C)n1cc(NC(=O)N2CSCC2C(=O)O)cn1. The molecule has 2 amide bonds. The van der Waals surface area contributed by atoms with E-state index in [4.69, 9.17) is 5.11 Å².